The fraction of sp³-hybridized carbons (Fsp3) is 0. The fourth-order valence-electron chi connectivity index (χ4n) is 2.15. The summed E-state index contributed by atoms with van der Waals surface area (Å²) in [4.78, 5) is 12.2. The molecule has 0 heterocycles. The Bertz CT molecular complexity index is 830. The Morgan fingerprint density at radius 3 is 2.17 bits per heavy atom. The summed E-state index contributed by atoms with van der Waals surface area (Å²) in [7, 11) is 0. The smallest absolute Gasteiger partial charge is 0.343 e. The van der Waals surface area contributed by atoms with Gasteiger partial charge in [-0.15, -0.1) is 0 Å². The number of carbonyl (C=O) groups is 1. The molecule has 0 saturated carbocycles. The summed E-state index contributed by atoms with van der Waals surface area (Å²) in [5.74, 6) is -0.0964. The van der Waals surface area contributed by atoms with Crippen molar-refractivity contribution in [1.29, 1.82) is 0 Å². The zero-order valence-corrected chi connectivity index (χ0v) is 14.3. The molecule has 3 aromatic rings. The predicted octanol–water partition coefficient (Wildman–Crippen LogP) is 5.99. The molecule has 0 unspecified atom stereocenters. The Hall–Kier alpha value is -2.10. The second-order valence-corrected chi connectivity index (χ2v) is 6.23. The van der Waals surface area contributed by atoms with Crippen molar-refractivity contribution in [2.75, 3.05) is 0 Å². The first-order valence-electron chi connectivity index (χ1n) is 6.96. The van der Waals surface area contributed by atoms with Gasteiger partial charge in [-0.2, -0.15) is 0 Å². The van der Waals surface area contributed by atoms with E-state index in [0.29, 0.717) is 16.3 Å². The van der Waals surface area contributed by atoms with Crippen LogP contribution in [0.15, 0.2) is 77.3 Å². The molecule has 0 amide bonds. The molecule has 0 N–H and O–H groups in total. The SMILES string of the molecule is O=C(Oc1ccc(Br)cc1Cl)c1ccc(-c2ccccc2)cc1. The lowest BCUT2D eigenvalue weighted by atomic mass is 10.0. The highest BCUT2D eigenvalue weighted by Gasteiger charge is 2.11. The van der Waals surface area contributed by atoms with Gasteiger partial charge in [0, 0.05) is 4.47 Å². The van der Waals surface area contributed by atoms with Gasteiger partial charge >= 0.3 is 5.97 Å². The minimum absolute atomic E-state index is 0.340. The lowest BCUT2D eigenvalue weighted by molar-refractivity contribution is 0.0735. The molecule has 114 valence electrons. The number of benzene rings is 3. The third-order valence-electron chi connectivity index (χ3n) is 3.32. The van der Waals surface area contributed by atoms with Crippen LogP contribution in [0.3, 0.4) is 0 Å². The molecule has 3 rings (SSSR count). The molecule has 0 aromatic heterocycles. The van der Waals surface area contributed by atoms with Crippen LogP contribution >= 0.6 is 27.5 Å². The van der Waals surface area contributed by atoms with E-state index in [-0.39, 0.29) is 0 Å². The van der Waals surface area contributed by atoms with Crippen LogP contribution in [0, 0.1) is 0 Å². The molecular formula is C19H12BrClO2. The molecule has 23 heavy (non-hydrogen) atoms. The van der Waals surface area contributed by atoms with E-state index in [1.165, 1.54) is 0 Å². The van der Waals surface area contributed by atoms with Crippen LogP contribution in [0.2, 0.25) is 5.02 Å². The van der Waals surface area contributed by atoms with Crippen molar-refractivity contribution >= 4 is 33.5 Å². The average molecular weight is 388 g/mol. The number of rotatable bonds is 3. The van der Waals surface area contributed by atoms with E-state index in [0.717, 1.165) is 15.6 Å². The van der Waals surface area contributed by atoms with Crippen molar-refractivity contribution in [3.05, 3.63) is 87.9 Å². The van der Waals surface area contributed by atoms with Gasteiger partial charge in [0.05, 0.1) is 10.6 Å². The second-order valence-electron chi connectivity index (χ2n) is 4.91. The standard InChI is InChI=1S/C19H12BrClO2/c20-16-10-11-18(17(21)12-16)23-19(22)15-8-6-14(7-9-15)13-4-2-1-3-5-13/h1-12H. The van der Waals surface area contributed by atoms with E-state index in [4.69, 9.17) is 16.3 Å². The Kier molecular flexibility index (Phi) is 4.79. The summed E-state index contributed by atoms with van der Waals surface area (Å²) >= 11 is 9.37. The minimum Gasteiger partial charge on any atom is -0.421 e. The molecule has 0 spiro atoms. The molecule has 0 aliphatic carbocycles. The molecule has 2 nitrogen and oxygen atoms in total. The third-order valence-corrected chi connectivity index (χ3v) is 4.11. The van der Waals surface area contributed by atoms with Crippen molar-refractivity contribution in [2.45, 2.75) is 0 Å². The number of carbonyl (C=O) groups excluding carboxylic acids is 1. The maximum Gasteiger partial charge on any atom is 0.343 e. The second kappa shape index (κ2) is 6.99. The Labute approximate surface area is 147 Å². The van der Waals surface area contributed by atoms with Crippen LogP contribution in [-0.4, -0.2) is 5.97 Å². The monoisotopic (exact) mass is 386 g/mol. The van der Waals surface area contributed by atoms with Crippen molar-refractivity contribution < 1.29 is 9.53 Å². The molecule has 4 heteroatoms. The van der Waals surface area contributed by atoms with E-state index < -0.39 is 5.97 Å². The van der Waals surface area contributed by atoms with Gasteiger partial charge in [-0.25, -0.2) is 4.79 Å². The maximum atomic E-state index is 12.2. The van der Waals surface area contributed by atoms with Gasteiger partial charge in [0.25, 0.3) is 0 Å². The van der Waals surface area contributed by atoms with E-state index in [1.54, 1.807) is 30.3 Å². The van der Waals surface area contributed by atoms with Gasteiger partial charge in [0.1, 0.15) is 5.75 Å². The van der Waals surface area contributed by atoms with Crippen LogP contribution in [0.25, 0.3) is 11.1 Å². The van der Waals surface area contributed by atoms with Gasteiger partial charge in [-0.1, -0.05) is 70.0 Å². The zero-order valence-electron chi connectivity index (χ0n) is 12.0. The van der Waals surface area contributed by atoms with Gasteiger partial charge in [-0.05, 0) is 41.5 Å². The third kappa shape index (κ3) is 3.81. The number of hydrogen-bond acceptors (Lipinski definition) is 2. The van der Waals surface area contributed by atoms with Crippen molar-refractivity contribution in [1.82, 2.24) is 0 Å². The van der Waals surface area contributed by atoms with Crippen LogP contribution in [0.1, 0.15) is 10.4 Å². The largest absolute Gasteiger partial charge is 0.421 e. The van der Waals surface area contributed by atoms with Crippen LogP contribution in [-0.2, 0) is 0 Å². The topological polar surface area (TPSA) is 26.3 Å². The summed E-state index contributed by atoms with van der Waals surface area (Å²) in [6.07, 6.45) is 0. The van der Waals surface area contributed by atoms with Gasteiger partial charge in [0.15, 0.2) is 0 Å². The van der Waals surface area contributed by atoms with Gasteiger partial charge in [-0.3, -0.25) is 0 Å². The molecule has 0 aliphatic heterocycles. The molecule has 0 aliphatic rings. The number of halogens is 2. The molecular weight excluding hydrogens is 376 g/mol. The van der Waals surface area contributed by atoms with Crippen LogP contribution < -0.4 is 4.74 Å². The van der Waals surface area contributed by atoms with Gasteiger partial charge in [0.2, 0.25) is 0 Å². The Balaban J connectivity index is 1.78. The maximum absolute atomic E-state index is 12.2. The zero-order chi connectivity index (χ0) is 16.2. The quantitative estimate of drug-likeness (QED) is 0.407. The molecule has 0 radical (unpaired) electrons. The highest BCUT2D eigenvalue weighted by molar-refractivity contribution is 9.10. The van der Waals surface area contributed by atoms with E-state index in [9.17, 15) is 4.79 Å². The first kappa shape index (κ1) is 15.8. The summed E-state index contributed by atoms with van der Waals surface area (Å²) in [6.45, 7) is 0. The summed E-state index contributed by atoms with van der Waals surface area (Å²) in [6, 6.07) is 22.4. The van der Waals surface area contributed by atoms with Crippen molar-refractivity contribution in [3.63, 3.8) is 0 Å². The number of hydrogen-bond donors (Lipinski definition) is 0. The Morgan fingerprint density at radius 1 is 0.870 bits per heavy atom. The van der Waals surface area contributed by atoms with Crippen LogP contribution in [0.5, 0.6) is 5.75 Å². The van der Waals surface area contributed by atoms with Gasteiger partial charge < -0.3 is 4.74 Å². The fourth-order valence-corrected chi connectivity index (χ4v) is 2.86. The molecule has 0 atom stereocenters. The normalized spacial score (nSPS) is 10.3. The number of ether oxygens (including phenoxy) is 1. The highest BCUT2D eigenvalue weighted by Crippen LogP contribution is 2.28. The Morgan fingerprint density at radius 2 is 1.52 bits per heavy atom. The summed E-state index contributed by atoms with van der Waals surface area (Å²) in [5.41, 5.74) is 2.62. The minimum atomic E-state index is -0.436. The van der Waals surface area contributed by atoms with E-state index >= 15 is 0 Å². The lowest BCUT2D eigenvalue weighted by Gasteiger charge is -2.07. The molecule has 0 fully saturated rings. The first-order valence-corrected chi connectivity index (χ1v) is 8.13. The first-order chi connectivity index (χ1) is 11.1. The predicted molar refractivity (Wildman–Crippen MR) is 96.0 cm³/mol. The summed E-state index contributed by atoms with van der Waals surface area (Å²) < 4.78 is 6.17. The average Bonchev–Trinajstić information content (AvgIpc) is 2.58. The van der Waals surface area contributed by atoms with Crippen LogP contribution in [0.4, 0.5) is 0 Å². The molecule has 0 saturated heterocycles. The lowest BCUT2D eigenvalue weighted by Crippen LogP contribution is -2.08. The van der Waals surface area contributed by atoms with Crippen molar-refractivity contribution in [2.24, 2.45) is 0 Å². The molecule has 3 aromatic carbocycles. The highest BCUT2D eigenvalue weighted by atomic mass is 79.9. The summed E-state index contributed by atoms with van der Waals surface area (Å²) in [5, 5.41) is 0.383. The number of esters is 1. The van der Waals surface area contributed by atoms with E-state index in [2.05, 4.69) is 15.9 Å². The van der Waals surface area contributed by atoms with E-state index in [1.807, 2.05) is 42.5 Å². The van der Waals surface area contributed by atoms with Crippen molar-refractivity contribution in [3.8, 4) is 16.9 Å². The molecule has 0 bridgehead atoms.